The minimum absolute atomic E-state index is 0.0154. The summed E-state index contributed by atoms with van der Waals surface area (Å²) < 4.78 is 67.9. The highest BCUT2D eigenvalue weighted by molar-refractivity contribution is 7.87. The Kier molecular flexibility index (Phi) is 9.78. The number of nitrogens with one attached hydrogen (secondary N) is 2. The number of nitrogens with zero attached hydrogens (tertiary/aromatic N) is 2. The molecule has 4 amide bonds. The molecule has 52 heavy (non-hydrogen) atoms. The van der Waals surface area contributed by atoms with E-state index in [2.05, 4.69) is 20.6 Å². The number of amides is 4. The van der Waals surface area contributed by atoms with Crippen LogP contribution < -0.4 is 10.6 Å². The van der Waals surface area contributed by atoms with Crippen LogP contribution in [0, 0.1) is 11.8 Å². The highest BCUT2D eigenvalue weighted by Gasteiger charge is 2.42. The summed E-state index contributed by atoms with van der Waals surface area (Å²) in [6.07, 6.45) is 11.8. The van der Waals surface area contributed by atoms with E-state index in [0.29, 0.717) is 11.1 Å². The maximum Gasteiger partial charge on any atom is 0.323 e. The zero-order valence-corrected chi connectivity index (χ0v) is 28.5. The number of carbonyl (C=O) groups excluding carboxylic acids is 3. The van der Waals surface area contributed by atoms with Crippen molar-refractivity contribution in [2.75, 3.05) is 10.6 Å². The number of anilines is 2. The van der Waals surface area contributed by atoms with Crippen molar-refractivity contribution in [3.05, 3.63) is 131 Å². The predicted molar refractivity (Wildman–Crippen MR) is 192 cm³/mol. The van der Waals surface area contributed by atoms with Crippen molar-refractivity contribution >= 4 is 60.9 Å². The Bertz CT molecular complexity index is 2200. The van der Waals surface area contributed by atoms with E-state index in [-0.39, 0.29) is 46.8 Å². The fourth-order valence-electron chi connectivity index (χ4n) is 6.34. The van der Waals surface area contributed by atoms with Gasteiger partial charge < -0.3 is 20.8 Å². The molecule has 0 bridgehead atoms. The van der Waals surface area contributed by atoms with Crippen LogP contribution in [0.2, 0.25) is 0 Å². The Balaban J connectivity index is 1.17. The first kappa shape index (κ1) is 36.1. The summed E-state index contributed by atoms with van der Waals surface area (Å²) in [7, 11) is -9.22. The number of allylic oxidation sites excluding steroid dienone is 10. The third-order valence-electron chi connectivity index (χ3n) is 8.72. The lowest BCUT2D eigenvalue weighted by molar-refractivity contribution is 0.0993. The second-order valence-electron chi connectivity index (χ2n) is 12.1. The summed E-state index contributed by atoms with van der Waals surface area (Å²) in [5, 5.41) is 23.3. The predicted octanol–water partition coefficient (Wildman–Crippen LogP) is 4.92. The van der Waals surface area contributed by atoms with E-state index in [9.17, 15) is 50.5 Å². The van der Waals surface area contributed by atoms with Crippen molar-refractivity contribution in [3.8, 4) is 0 Å². The molecule has 6 rings (SSSR count). The molecule has 0 aliphatic heterocycles. The molecule has 0 saturated carbocycles. The van der Waals surface area contributed by atoms with Crippen LogP contribution in [0.3, 0.4) is 0 Å². The van der Waals surface area contributed by atoms with E-state index < -0.39 is 71.9 Å². The average molecular weight is 747 g/mol. The monoisotopic (exact) mass is 746 g/mol. The second-order valence-corrected chi connectivity index (χ2v) is 15.2. The maximum atomic E-state index is 13.2. The zero-order valence-electron chi connectivity index (χ0n) is 26.8. The van der Waals surface area contributed by atoms with Crippen LogP contribution in [-0.4, -0.2) is 75.9 Å². The van der Waals surface area contributed by atoms with Gasteiger partial charge in [0, 0.05) is 34.3 Å². The van der Waals surface area contributed by atoms with E-state index in [4.69, 9.17) is 0 Å². The largest absolute Gasteiger partial charge is 0.506 e. The molecule has 0 aromatic heterocycles. The molecule has 0 saturated heterocycles. The number of hydrogen-bond donors (Lipinski definition) is 6. The lowest BCUT2D eigenvalue weighted by Crippen LogP contribution is -2.39. The number of aliphatic hydroxyl groups excluding tert-OH is 2. The molecule has 15 nitrogen and oxygen atoms in total. The third kappa shape index (κ3) is 7.62. The quantitative estimate of drug-likeness (QED) is 0.216. The molecule has 0 radical (unpaired) electrons. The topological polar surface area (TPSA) is 249 Å². The molecule has 2 aromatic carbocycles. The molecular weight excluding hydrogens is 717 g/mol. The molecule has 4 aliphatic carbocycles. The Hall–Kier alpha value is -5.75. The van der Waals surface area contributed by atoms with Gasteiger partial charge in [-0.25, -0.2) is 14.8 Å². The van der Waals surface area contributed by atoms with E-state index in [1.54, 1.807) is 12.2 Å². The normalized spacial score (nSPS) is 24.1. The molecule has 0 heterocycles. The first-order valence-electron chi connectivity index (χ1n) is 15.6. The minimum atomic E-state index is -4.61. The molecular formula is C35H30N4O11S2. The first-order valence-corrected chi connectivity index (χ1v) is 18.6. The molecule has 0 spiro atoms. The third-order valence-corrected chi connectivity index (χ3v) is 11.0. The van der Waals surface area contributed by atoms with E-state index >= 15 is 0 Å². The average Bonchev–Trinajstić information content (AvgIpc) is 3.09. The van der Waals surface area contributed by atoms with Gasteiger partial charge in [0.1, 0.15) is 22.0 Å². The zero-order chi connectivity index (χ0) is 37.4. The van der Waals surface area contributed by atoms with Crippen molar-refractivity contribution in [2.45, 2.75) is 23.3 Å². The van der Waals surface area contributed by atoms with Crippen LogP contribution in [0.15, 0.2) is 130 Å². The molecule has 2 aromatic rings. The lowest BCUT2D eigenvalue weighted by atomic mass is 9.80. The number of rotatable bonds is 6. The van der Waals surface area contributed by atoms with E-state index in [0.717, 1.165) is 0 Å². The van der Waals surface area contributed by atoms with Crippen LogP contribution in [-0.2, 0) is 20.2 Å². The van der Waals surface area contributed by atoms with Gasteiger partial charge in [-0.05, 0) is 61.4 Å². The van der Waals surface area contributed by atoms with Crippen LogP contribution in [0.5, 0.6) is 0 Å². The van der Waals surface area contributed by atoms with Gasteiger partial charge in [-0.15, -0.1) is 0 Å². The van der Waals surface area contributed by atoms with Crippen molar-refractivity contribution in [2.24, 2.45) is 21.8 Å². The van der Waals surface area contributed by atoms with Crippen molar-refractivity contribution in [1.82, 2.24) is 0 Å². The summed E-state index contributed by atoms with van der Waals surface area (Å²) in [4.78, 5) is 47.4. The van der Waals surface area contributed by atoms with Gasteiger partial charge in [-0.3, -0.25) is 18.7 Å². The second kappa shape index (κ2) is 14.1. The Labute approximate surface area is 297 Å². The van der Waals surface area contributed by atoms with Gasteiger partial charge in [-0.2, -0.15) is 16.8 Å². The molecule has 6 N–H and O–H groups in total. The number of urea groups is 1. The van der Waals surface area contributed by atoms with Gasteiger partial charge in [0.2, 0.25) is 0 Å². The molecule has 0 fully saturated rings. The van der Waals surface area contributed by atoms with E-state index in [1.165, 1.54) is 85.0 Å². The highest BCUT2D eigenvalue weighted by Crippen LogP contribution is 2.37. The summed E-state index contributed by atoms with van der Waals surface area (Å²) in [5.74, 6) is -4.69. The Morgan fingerprint density at radius 1 is 0.654 bits per heavy atom. The summed E-state index contributed by atoms with van der Waals surface area (Å²) in [6, 6.07) is 10.5. The fourth-order valence-corrected chi connectivity index (χ4v) is 8.21. The number of carbonyl (C=O) groups is 3. The molecule has 4 atom stereocenters. The molecule has 4 aliphatic rings. The fraction of sp³-hybridized carbons (Fsp3) is 0.171. The smallest absolute Gasteiger partial charge is 0.323 e. The SMILES string of the molecule is O=C(Nc1cccc(C(=O)N=C2C(O)=CCC3=CC=CC(S(=O)(=O)O)C32)c1)Nc1cccc(C(=O)N=C2C(O)=CCC3=CC=CC(S(=O)(=O)O)C32)c1. The highest BCUT2D eigenvalue weighted by atomic mass is 32.2. The van der Waals surface area contributed by atoms with Crippen LogP contribution in [0.25, 0.3) is 0 Å². The first-order chi connectivity index (χ1) is 24.6. The number of aliphatic imine (C=N–C) groups is 2. The van der Waals surface area contributed by atoms with Crippen molar-refractivity contribution < 1.29 is 50.5 Å². The summed E-state index contributed by atoms with van der Waals surface area (Å²) in [5.41, 5.74) is 0.875. The summed E-state index contributed by atoms with van der Waals surface area (Å²) >= 11 is 0. The van der Waals surface area contributed by atoms with Gasteiger partial charge in [-0.1, -0.05) is 59.7 Å². The van der Waals surface area contributed by atoms with Gasteiger partial charge in [0.25, 0.3) is 32.1 Å². The number of fused-ring (bicyclic) bond motifs is 2. The molecule has 17 heteroatoms. The Morgan fingerprint density at radius 2 is 1.06 bits per heavy atom. The Morgan fingerprint density at radius 3 is 1.44 bits per heavy atom. The van der Waals surface area contributed by atoms with Crippen LogP contribution in [0.4, 0.5) is 16.2 Å². The lowest BCUT2D eigenvalue weighted by Gasteiger charge is -2.31. The number of aliphatic hydroxyl groups is 2. The molecule has 268 valence electrons. The van der Waals surface area contributed by atoms with Gasteiger partial charge in [0.15, 0.2) is 0 Å². The summed E-state index contributed by atoms with van der Waals surface area (Å²) in [6.45, 7) is 0. The van der Waals surface area contributed by atoms with E-state index in [1.807, 2.05) is 0 Å². The van der Waals surface area contributed by atoms with Crippen LogP contribution in [0.1, 0.15) is 33.6 Å². The van der Waals surface area contributed by atoms with Gasteiger partial charge >= 0.3 is 6.03 Å². The standard InChI is InChI=1S/C35H30N4O11S2/c40-25-15-13-19-5-3-11-27(51(45,46)47)29(19)31(25)38-33(42)21-7-1-9-23(17-21)36-35(44)37-24-10-2-8-22(18-24)34(43)39-32-26(41)16-14-20-6-4-12-28(30(20)32)52(48,49)50/h1-12,15-18,27-30,40-41H,13-14H2,(H2,36,37,44)(H,45,46,47)(H,48,49,50). The van der Waals surface area contributed by atoms with Crippen LogP contribution >= 0.6 is 0 Å². The number of benzene rings is 2. The van der Waals surface area contributed by atoms with Crippen molar-refractivity contribution in [1.29, 1.82) is 0 Å². The van der Waals surface area contributed by atoms with Crippen molar-refractivity contribution in [3.63, 3.8) is 0 Å². The number of hydrogen-bond acceptors (Lipinski definition) is 9. The maximum absolute atomic E-state index is 13.2. The van der Waals surface area contributed by atoms with Gasteiger partial charge in [0.05, 0.1) is 11.4 Å². The minimum Gasteiger partial charge on any atom is -0.506 e. The molecule has 4 unspecified atom stereocenters.